The first kappa shape index (κ1) is 17.6. The van der Waals surface area contributed by atoms with Crippen molar-refractivity contribution in [1.82, 2.24) is 10.3 Å². The summed E-state index contributed by atoms with van der Waals surface area (Å²) in [5, 5.41) is 2.86. The number of rotatable bonds is 6. The molecule has 23 heavy (non-hydrogen) atoms. The van der Waals surface area contributed by atoms with Crippen molar-refractivity contribution < 1.29 is 14.3 Å². The van der Waals surface area contributed by atoms with Gasteiger partial charge in [-0.1, -0.05) is 31.5 Å². The SMILES string of the molecule is COc1ccc(CNC(=O)c2nc(Cl)sc2C(C)C)cc1OC. The van der Waals surface area contributed by atoms with Gasteiger partial charge in [-0.05, 0) is 23.6 Å². The van der Waals surface area contributed by atoms with Crippen molar-refractivity contribution in [1.29, 1.82) is 0 Å². The summed E-state index contributed by atoms with van der Waals surface area (Å²) in [4.78, 5) is 17.4. The highest BCUT2D eigenvalue weighted by atomic mass is 35.5. The molecule has 0 unspecified atom stereocenters. The second kappa shape index (κ2) is 7.66. The van der Waals surface area contributed by atoms with Crippen LogP contribution in [0.25, 0.3) is 0 Å². The summed E-state index contributed by atoms with van der Waals surface area (Å²) >= 11 is 7.28. The predicted molar refractivity (Wildman–Crippen MR) is 91.9 cm³/mol. The molecule has 0 spiro atoms. The van der Waals surface area contributed by atoms with E-state index in [-0.39, 0.29) is 11.8 Å². The number of benzene rings is 1. The van der Waals surface area contributed by atoms with Gasteiger partial charge in [0.2, 0.25) is 0 Å². The van der Waals surface area contributed by atoms with Gasteiger partial charge in [0.25, 0.3) is 5.91 Å². The van der Waals surface area contributed by atoms with Gasteiger partial charge in [-0.15, -0.1) is 11.3 Å². The predicted octanol–water partition coefficient (Wildman–Crippen LogP) is 3.87. The largest absolute Gasteiger partial charge is 0.493 e. The van der Waals surface area contributed by atoms with Gasteiger partial charge in [-0.25, -0.2) is 4.98 Å². The van der Waals surface area contributed by atoms with E-state index in [1.807, 2.05) is 26.0 Å². The number of aromatic nitrogens is 1. The Labute approximate surface area is 144 Å². The lowest BCUT2D eigenvalue weighted by atomic mass is 10.1. The molecule has 1 aromatic heterocycles. The summed E-state index contributed by atoms with van der Waals surface area (Å²) in [5.74, 6) is 1.24. The first-order chi connectivity index (χ1) is 11.0. The van der Waals surface area contributed by atoms with Gasteiger partial charge in [-0.2, -0.15) is 0 Å². The van der Waals surface area contributed by atoms with E-state index in [2.05, 4.69) is 10.3 Å². The molecule has 0 radical (unpaired) electrons. The van der Waals surface area contributed by atoms with Gasteiger partial charge in [-0.3, -0.25) is 4.79 Å². The highest BCUT2D eigenvalue weighted by Crippen LogP contribution is 2.30. The Morgan fingerprint density at radius 2 is 2.00 bits per heavy atom. The summed E-state index contributed by atoms with van der Waals surface area (Å²) in [5.41, 5.74) is 1.30. The molecule has 0 saturated carbocycles. The van der Waals surface area contributed by atoms with Crippen LogP contribution >= 0.6 is 22.9 Å². The van der Waals surface area contributed by atoms with Crippen molar-refractivity contribution in [2.24, 2.45) is 0 Å². The fraction of sp³-hybridized carbons (Fsp3) is 0.375. The van der Waals surface area contributed by atoms with Crippen LogP contribution in [0.5, 0.6) is 11.5 Å². The highest BCUT2D eigenvalue weighted by molar-refractivity contribution is 7.16. The first-order valence-corrected chi connectivity index (χ1v) is 8.31. The zero-order chi connectivity index (χ0) is 17.0. The molecule has 7 heteroatoms. The molecule has 0 aliphatic carbocycles. The monoisotopic (exact) mass is 354 g/mol. The van der Waals surface area contributed by atoms with Gasteiger partial charge < -0.3 is 14.8 Å². The highest BCUT2D eigenvalue weighted by Gasteiger charge is 2.19. The smallest absolute Gasteiger partial charge is 0.271 e. The molecule has 1 N–H and O–H groups in total. The maximum absolute atomic E-state index is 12.4. The molecule has 0 bridgehead atoms. The van der Waals surface area contributed by atoms with Crippen LogP contribution in [0.4, 0.5) is 0 Å². The number of hydrogen-bond acceptors (Lipinski definition) is 5. The number of nitrogens with one attached hydrogen (secondary N) is 1. The van der Waals surface area contributed by atoms with Crippen molar-refractivity contribution in [2.45, 2.75) is 26.3 Å². The van der Waals surface area contributed by atoms with Crippen LogP contribution in [0.3, 0.4) is 0 Å². The Balaban J connectivity index is 2.10. The van der Waals surface area contributed by atoms with Gasteiger partial charge in [0.1, 0.15) is 5.69 Å². The molecule has 0 fully saturated rings. The number of thiazole rings is 1. The third kappa shape index (κ3) is 4.14. The van der Waals surface area contributed by atoms with E-state index in [1.54, 1.807) is 20.3 Å². The zero-order valence-electron chi connectivity index (χ0n) is 13.5. The van der Waals surface area contributed by atoms with E-state index < -0.39 is 0 Å². The molecule has 124 valence electrons. The normalized spacial score (nSPS) is 10.7. The summed E-state index contributed by atoms with van der Waals surface area (Å²) in [7, 11) is 3.16. The Hall–Kier alpha value is -1.79. The van der Waals surface area contributed by atoms with E-state index in [4.69, 9.17) is 21.1 Å². The molecule has 1 aromatic carbocycles. The lowest BCUT2D eigenvalue weighted by Crippen LogP contribution is -2.24. The number of nitrogens with zero attached hydrogens (tertiary/aromatic N) is 1. The van der Waals surface area contributed by atoms with Gasteiger partial charge >= 0.3 is 0 Å². The van der Waals surface area contributed by atoms with Crippen molar-refractivity contribution in [3.63, 3.8) is 0 Å². The Morgan fingerprint density at radius 1 is 1.30 bits per heavy atom. The quantitative estimate of drug-likeness (QED) is 0.855. The third-order valence-electron chi connectivity index (χ3n) is 3.27. The van der Waals surface area contributed by atoms with E-state index in [1.165, 1.54) is 11.3 Å². The number of amides is 1. The van der Waals surface area contributed by atoms with Gasteiger partial charge in [0.05, 0.1) is 14.2 Å². The minimum Gasteiger partial charge on any atom is -0.493 e. The Morgan fingerprint density at radius 3 is 2.61 bits per heavy atom. The van der Waals surface area contributed by atoms with E-state index >= 15 is 0 Å². The standard InChI is InChI=1S/C16H19ClN2O3S/c1-9(2)14-13(19-16(17)23-14)15(20)18-8-10-5-6-11(21-3)12(7-10)22-4/h5-7,9H,8H2,1-4H3,(H,18,20). The Bertz CT molecular complexity index is 701. The van der Waals surface area contributed by atoms with Crippen molar-refractivity contribution in [2.75, 3.05) is 14.2 Å². The number of carbonyl (C=O) groups excluding carboxylic acids is 1. The second-order valence-electron chi connectivity index (χ2n) is 5.21. The van der Waals surface area contributed by atoms with Crippen LogP contribution in [0, 0.1) is 0 Å². The number of ether oxygens (including phenoxy) is 2. The maximum atomic E-state index is 12.4. The summed E-state index contributed by atoms with van der Waals surface area (Å²) in [6, 6.07) is 5.51. The van der Waals surface area contributed by atoms with Gasteiger partial charge in [0.15, 0.2) is 16.0 Å². The molecule has 2 aromatic rings. The fourth-order valence-corrected chi connectivity index (χ4v) is 3.24. The average molecular weight is 355 g/mol. The fourth-order valence-electron chi connectivity index (χ4n) is 2.12. The van der Waals surface area contributed by atoms with Crippen molar-refractivity contribution in [3.8, 4) is 11.5 Å². The number of methoxy groups -OCH3 is 2. The molecule has 5 nitrogen and oxygen atoms in total. The average Bonchev–Trinajstić information content (AvgIpc) is 2.94. The minimum absolute atomic E-state index is 0.196. The molecule has 0 saturated heterocycles. The van der Waals surface area contributed by atoms with Crippen LogP contribution in [0.1, 0.15) is 40.7 Å². The third-order valence-corrected chi connectivity index (χ3v) is 4.73. The van der Waals surface area contributed by atoms with Crippen LogP contribution in [-0.2, 0) is 6.54 Å². The van der Waals surface area contributed by atoms with Crippen molar-refractivity contribution in [3.05, 3.63) is 38.8 Å². The summed E-state index contributed by atoms with van der Waals surface area (Å²) in [6.07, 6.45) is 0. The molecule has 0 aliphatic rings. The molecule has 1 amide bonds. The number of hydrogen-bond donors (Lipinski definition) is 1. The van der Waals surface area contributed by atoms with E-state index in [9.17, 15) is 4.79 Å². The van der Waals surface area contributed by atoms with Crippen LogP contribution in [-0.4, -0.2) is 25.1 Å². The second-order valence-corrected chi connectivity index (χ2v) is 6.82. The minimum atomic E-state index is -0.230. The molecule has 2 rings (SSSR count). The molecular weight excluding hydrogens is 336 g/mol. The first-order valence-electron chi connectivity index (χ1n) is 7.11. The molecule has 0 aliphatic heterocycles. The molecule has 1 heterocycles. The van der Waals surface area contributed by atoms with E-state index in [0.29, 0.717) is 28.2 Å². The number of halogens is 1. The van der Waals surface area contributed by atoms with Gasteiger partial charge in [0, 0.05) is 11.4 Å². The number of carbonyl (C=O) groups is 1. The zero-order valence-corrected chi connectivity index (χ0v) is 15.0. The topological polar surface area (TPSA) is 60.5 Å². The molecule has 0 atom stereocenters. The van der Waals surface area contributed by atoms with Crippen LogP contribution in [0.15, 0.2) is 18.2 Å². The maximum Gasteiger partial charge on any atom is 0.271 e. The Kier molecular flexibility index (Phi) is 5.85. The molecular formula is C16H19ClN2O3S. The summed E-state index contributed by atoms with van der Waals surface area (Å²) in [6.45, 7) is 4.38. The van der Waals surface area contributed by atoms with Crippen molar-refractivity contribution >= 4 is 28.8 Å². The van der Waals surface area contributed by atoms with Crippen LogP contribution < -0.4 is 14.8 Å². The van der Waals surface area contributed by atoms with Crippen LogP contribution in [0.2, 0.25) is 4.47 Å². The van der Waals surface area contributed by atoms with E-state index in [0.717, 1.165) is 10.4 Å². The lowest BCUT2D eigenvalue weighted by molar-refractivity contribution is 0.0945. The summed E-state index contributed by atoms with van der Waals surface area (Å²) < 4.78 is 10.8. The lowest BCUT2D eigenvalue weighted by Gasteiger charge is -2.10.